The molecule has 1 atom stereocenters. The van der Waals surface area contributed by atoms with Crippen LogP contribution in [0.5, 0.6) is 0 Å². The molecule has 3 rings (SSSR count). The largest absolute Gasteiger partial charge is 0.449 e. The van der Waals surface area contributed by atoms with Crippen molar-refractivity contribution in [3.05, 3.63) is 40.5 Å². The van der Waals surface area contributed by atoms with Crippen LogP contribution < -0.4 is 5.32 Å². The van der Waals surface area contributed by atoms with E-state index in [0.29, 0.717) is 5.56 Å². The van der Waals surface area contributed by atoms with E-state index in [0.717, 1.165) is 36.2 Å². The van der Waals surface area contributed by atoms with Gasteiger partial charge in [-0.1, -0.05) is 0 Å². The molecule has 0 saturated carbocycles. The minimum absolute atomic E-state index is 0.280. The second kappa shape index (κ2) is 7.27. The predicted octanol–water partition coefficient (Wildman–Crippen LogP) is 3.88. The number of amides is 1. The van der Waals surface area contributed by atoms with Crippen LogP contribution in [0.3, 0.4) is 0 Å². The summed E-state index contributed by atoms with van der Waals surface area (Å²) in [4.78, 5) is 26.5. The number of nitrogens with zero attached hydrogens (tertiary/aromatic N) is 1. The molecule has 0 bridgehead atoms. The van der Waals surface area contributed by atoms with Crippen molar-refractivity contribution in [2.75, 3.05) is 0 Å². The third-order valence-corrected chi connectivity index (χ3v) is 5.65. The molecule has 5 nitrogen and oxygen atoms in total. The number of aryl methyl sites for hydroxylation is 1. The van der Waals surface area contributed by atoms with Crippen LogP contribution in [0, 0.1) is 0 Å². The molecule has 1 aliphatic rings. The van der Waals surface area contributed by atoms with Gasteiger partial charge in [0.15, 0.2) is 6.10 Å². The summed E-state index contributed by atoms with van der Waals surface area (Å²) in [6.45, 7) is 7.32. The molecule has 1 amide bonds. The van der Waals surface area contributed by atoms with E-state index < -0.39 is 12.1 Å². The number of fused-ring (bicyclic) bond motifs is 1. The molecule has 0 aromatic carbocycles. The SMILES string of the molecule is C[C@H](OC(=O)c1c(-n2cccc2)sc2c1CCCC2)C(=O)NC(C)(C)C. The van der Waals surface area contributed by atoms with Gasteiger partial charge >= 0.3 is 5.97 Å². The number of thiophene rings is 1. The van der Waals surface area contributed by atoms with Crippen LogP contribution >= 0.6 is 11.3 Å². The molecule has 2 aromatic rings. The highest BCUT2D eigenvalue weighted by Gasteiger charge is 2.30. The molecule has 6 heteroatoms. The first-order valence-corrected chi connectivity index (χ1v) is 9.89. The molecule has 2 aromatic heterocycles. The van der Waals surface area contributed by atoms with E-state index in [1.165, 1.54) is 4.88 Å². The molecule has 1 aliphatic carbocycles. The smallest absolute Gasteiger partial charge is 0.342 e. The Labute approximate surface area is 158 Å². The number of rotatable bonds is 4. The van der Waals surface area contributed by atoms with Gasteiger partial charge in [0.2, 0.25) is 0 Å². The summed E-state index contributed by atoms with van der Waals surface area (Å²) in [7, 11) is 0. The van der Waals surface area contributed by atoms with Gasteiger partial charge in [0.25, 0.3) is 5.91 Å². The number of esters is 1. The van der Waals surface area contributed by atoms with Crippen molar-refractivity contribution in [3.8, 4) is 5.00 Å². The van der Waals surface area contributed by atoms with Crippen molar-refractivity contribution in [3.63, 3.8) is 0 Å². The number of carbonyl (C=O) groups is 2. The normalized spacial score (nSPS) is 15.2. The fraction of sp³-hybridized carbons (Fsp3) is 0.500. The Hall–Kier alpha value is -2.08. The van der Waals surface area contributed by atoms with Crippen molar-refractivity contribution in [1.82, 2.24) is 9.88 Å². The Bertz CT molecular complexity index is 800. The van der Waals surface area contributed by atoms with Crippen molar-refractivity contribution in [2.24, 2.45) is 0 Å². The number of aromatic nitrogens is 1. The Morgan fingerprint density at radius 1 is 1.19 bits per heavy atom. The molecule has 0 radical (unpaired) electrons. The van der Waals surface area contributed by atoms with Crippen LogP contribution in [0.2, 0.25) is 0 Å². The fourth-order valence-electron chi connectivity index (χ4n) is 3.16. The lowest BCUT2D eigenvalue weighted by molar-refractivity contribution is -0.130. The van der Waals surface area contributed by atoms with Gasteiger partial charge in [0.05, 0.1) is 5.56 Å². The summed E-state index contributed by atoms with van der Waals surface area (Å²) in [6, 6.07) is 3.88. The van der Waals surface area contributed by atoms with Gasteiger partial charge in [-0.3, -0.25) is 4.79 Å². The average molecular weight is 375 g/mol. The molecule has 0 spiro atoms. The monoisotopic (exact) mass is 374 g/mol. The summed E-state index contributed by atoms with van der Waals surface area (Å²) < 4.78 is 7.51. The summed E-state index contributed by atoms with van der Waals surface area (Å²) in [5.74, 6) is -0.692. The lowest BCUT2D eigenvalue weighted by Crippen LogP contribution is -2.46. The van der Waals surface area contributed by atoms with Gasteiger partial charge in [-0.25, -0.2) is 4.79 Å². The van der Waals surface area contributed by atoms with Crippen LogP contribution in [-0.4, -0.2) is 28.1 Å². The Balaban J connectivity index is 1.87. The van der Waals surface area contributed by atoms with E-state index in [1.54, 1.807) is 18.3 Å². The summed E-state index contributed by atoms with van der Waals surface area (Å²) in [6.07, 6.45) is 7.15. The van der Waals surface area contributed by atoms with Crippen LogP contribution in [0.25, 0.3) is 5.00 Å². The van der Waals surface area contributed by atoms with E-state index in [1.807, 2.05) is 49.9 Å². The molecule has 26 heavy (non-hydrogen) atoms. The first-order valence-electron chi connectivity index (χ1n) is 9.07. The van der Waals surface area contributed by atoms with Gasteiger partial charge in [0.1, 0.15) is 5.00 Å². The van der Waals surface area contributed by atoms with Gasteiger partial charge < -0.3 is 14.6 Å². The van der Waals surface area contributed by atoms with Gasteiger partial charge in [0, 0.05) is 22.8 Å². The molecule has 0 saturated heterocycles. The quantitative estimate of drug-likeness (QED) is 0.826. The summed E-state index contributed by atoms with van der Waals surface area (Å²) in [5.41, 5.74) is 1.35. The molecule has 140 valence electrons. The number of nitrogens with one attached hydrogen (secondary N) is 1. The Morgan fingerprint density at radius 3 is 2.50 bits per heavy atom. The van der Waals surface area contributed by atoms with Crippen molar-refractivity contribution >= 4 is 23.2 Å². The zero-order valence-electron chi connectivity index (χ0n) is 15.8. The van der Waals surface area contributed by atoms with Crippen LogP contribution in [0.4, 0.5) is 0 Å². The average Bonchev–Trinajstić information content (AvgIpc) is 3.20. The van der Waals surface area contributed by atoms with Crippen LogP contribution in [0.1, 0.15) is 61.3 Å². The molecule has 2 heterocycles. The van der Waals surface area contributed by atoms with E-state index in [9.17, 15) is 9.59 Å². The fourth-order valence-corrected chi connectivity index (χ4v) is 4.50. The number of hydrogen-bond acceptors (Lipinski definition) is 4. The minimum Gasteiger partial charge on any atom is -0.449 e. The standard InChI is InChI=1S/C20H26N2O3S/c1-13(17(23)21-20(2,3)4)25-19(24)16-14-9-5-6-10-15(14)26-18(16)22-11-7-8-12-22/h7-8,11-13H,5-6,9-10H2,1-4H3,(H,21,23)/t13-/m0/s1. The van der Waals surface area contributed by atoms with Crippen molar-refractivity contribution in [2.45, 2.75) is 65.0 Å². The van der Waals surface area contributed by atoms with E-state index >= 15 is 0 Å². The summed E-state index contributed by atoms with van der Waals surface area (Å²) in [5, 5.41) is 3.74. The van der Waals surface area contributed by atoms with Crippen LogP contribution in [0.15, 0.2) is 24.5 Å². The Kier molecular flexibility index (Phi) is 5.23. The van der Waals surface area contributed by atoms with Crippen molar-refractivity contribution in [1.29, 1.82) is 0 Å². The summed E-state index contributed by atoms with van der Waals surface area (Å²) >= 11 is 1.66. The predicted molar refractivity (Wildman–Crippen MR) is 103 cm³/mol. The zero-order chi connectivity index (χ0) is 18.9. The maximum Gasteiger partial charge on any atom is 0.342 e. The maximum absolute atomic E-state index is 13.0. The van der Waals surface area contributed by atoms with E-state index in [2.05, 4.69) is 5.32 Å². The Morgan fingerprint density at radius 2 is 1.85 bits per heavy atom. The molecular formula is C20H26N2O3S. The second-order valence-corrected chi connectivity index (χ2v) is 8.85. The molecule has 1 N–H and O–H groups in total. The molecule has 0 aliphatic heterocycles. The van der Waals surface area contributed by atoms with Gasteiger partial charge in [-0.05, 0) is 71.1 Å². The van der Waals surface area contributed by atoms with Gasteiger partial charge in [-0.2, -0.15) is 0 Å². The third kappa shape index (κ3) is 4.01. The highest BCUT2D eigenvalue weighted by Crippen LogP contribution is 2.37. The lowest BCUT2D eigenvalue weighted by atomic mass is 9.95. The third-order valence-electron chi connectivity index (χ3n) is 4.35. The molecular weight excluding hydrogens is 348 g/mol. The van der Waals surface area contributed by atoms with Crippen LogP contribution in [-0.2, 0) is 22.4 Å². The highest BCUT2D eigenvalue weighted by molar-refractivity contribution is 7.15. The number of ether oxygens (including phenoxy) is 1. The highest BCUT2D eigenvalue weighted by atomic mass is 32.1. The van der Waals surface area contributed by atoms with Gasteiger partial charge in [-0.15, -0.1) is 11.3 Å². The van der Waals surface area contributed by atoms with Crippen molar-refractivity contribution < 1.29 is 14.3 Å². The second-order valence-electron chi connectivity index (χ2n) is 7.77. The molecule has 0 fully saturated rings. The first kappa shape index (κ1) is 18.7. The molecule has 0 unspecified atom stereocenters. The van der Waals surface area contributed by atoms with E-state index in [-0.39, 0.29) is 11.4 Å². The zero-order valence-corrected chi connectivity index (χ0v) is 16.6. The maximum atomic E-state index is 13.0. The number of carbonyl (C=O) groups excluding carboxylic acids is 2. The van der Waals surface area contributed by atoms with E-state index in [4.69, 9.17) is 4.74 Å². The first-order chi connectivity index (χ1) is 12.3. The minimum atomic E-state index is -0.835. The topological polar surface area (TPSA) is 60.3 Å². The number of hydrogen-bond donors (Lipinski definition) is 1. The lowest BCUT2D eigenvalue weighted by Gasteiger charge is -2.23.